The minimum absolute atomic E-state index is 0.00629. The van der Waals surface area contributed by atoms with Crippen molar-refractivity contribution < 1.29 is 13.9 Å². The highest BCUT2D eigenvalue weighted by Gasteiger charge is 2.26. The Bertz CT molecular complexity index is 1200. The monoisotopic (exact) mass is 441 g/mol. The molecule has 0 saturated heterocycles. The quantitative estimate of drug-likeness (QED) is 0.372. The molecule has 1 aliphatic carbocycles. The van der Waals surface area contributed by atoms with Gasteiger partial charge in [-0.05, 0) is 61.4 Å². The van der Waals surface area contributed by atoms with E-state index in [4.69, 9.17) is 9.15 Å². The molecule has 0 N–H and O–H groups in total. The smallest absolute Gasteiger partial charge is 0.261 e. The van der Waals surface area contributed by atoms with Crippen molar-refractivity contribution in [2.24, 2.45) is 0 Å². The molecular formula is C27H27N3O3. The fourth-order valence-electron chi connectivity index (χ4n) is 4.43. The van der Waals surface area contributed by atoms with E-state index < -0.39 is 0 Å². The zero-order chi connectivity index (χ0) is 22.5. The molecule has 4 aromatic rings. The molecule has 1 amide bonds. The molecule has 2 aromatic heterocycles. The first-order chi connectivity index (χ1) is 16.3. The normalized spacial score (nSPS) is 14.3. The highest BCUT2D eigenvalue weighted by atomic mass is 16.5. The second-order valence-corrected chi connectivity index (χ2v) is 8.45. The van der Waals surface area contributed by atoms with Gasteiger partial charge in [0.05, 0.1) is 35.7 Å². The maximum Gasteiger partial charge on any atom is 0.261 e. The van der Waals surface area contributed by atoms with E-state index in [-0.39, 0.29) is 18.6 Å². The molecule has 6 heteroatoms. The molecule has 2 heterocycles. The summed E-state index contributed by atoms with van der Waals surface area (Å²) in [6.45, 7) is 0.492. The molecule has 33 heavy (non-hydrogen) atoms. The number of aromatic nitrogens is 2. The van der Waals surface area contributed by atoms with E-state index in [0.717, 1.165) is 53.7 Å². The number of hydrogen-bond acceptors (Lipinski definition) is 5. The lowest BCUT2D eigenvalue weighted by Crippen LogP contribution is -2.43. The Labute approximate surface area is 193 Å². The van der Waals surface area contributed by atoms with E-state index in [1.807, 2.05) is 65.6 Å². The standard InChI is InChI=1S/C27H27N3O3/c31-27(30(18-23-9-6-16-32-23)21-7-2-1-3-8-21)19-33-22-14-12-20(13-15-22)26-17-28-24-10-4-5-11-25(24)29-26/h4-6,9-17,21H,1-3,7-8,18-19H2. The number of amides is 1. The van der Waals surface area contributed by atoms with Crippen molar-refractivity contribution in [2.75, 3.05) is 6.61 Å². The number of benzene rings is 2. The molecule has 0 unspecified atom stereocenters. The van der Waals surface area contributed by atoms with Crippen LogP contribution in [0.15, 0.2) is 77.5 Å². The molecule has 0 bridgehead atoms. The zero-order valence-electron chi connectivity index (χ0n) is 18.5. The minimum Gasteiger partial charge on any atom is -0.484 e. The second kappa shape index (κ2) is 9.86. The molecular weight excluding hydrogens is 414 g/mol. The van der Waals surface area contributed by atoms with Crippen LogP contribution in [-0.4, -0.2) is 33.4 Å². The van der Waals surface area contributed by atoms with Gasteiger partial charge >= 0.3 is 0 Å². The Morgan fingerprint density at radius 3 is 2.52 bits per heavy atom. The summed E-state index contributed by atoms with van der Waals surface area (Å²) in [6.07, 6.45) is 9.06. The van der Waals surface area contributed by atoms with Crippen LogP contribution in [0.4, 0.5) is 0 Å². The number of rotatable bonds is 7. The first kappa shape index (κ1) is 21.2. The van der Waals surface area contributed by atoms with Gasteiger partial charge < -0.3 is 14.1 Å². The predicted octanol–water partition coefficient (Wildman–Crippen LogP) is 5.63. The molecule has 0 aliphatic heterocycles. The Morgan fingerprint density at radius 2 is 1.76 bits per heavy atom. The van der Waals surface area contributed by atoms with Gasteiger partial charge in [-0.15, -0.1) is 0 Å². The van der Waals surface area contributed by atoms with Gasteiger partial charge in [-0.1, -0.05) is 31.4 Å². The van der Waals surface area contributed by atoms with Crippen molar-refractivity contribution in [3.63, 3.8) is 0 Å². The van der Waals surface area contributed by atoms with E-state index in [0.29, 0.717) is 12.3 Å². The number of hydrogen-bond donors (Lipinski definition) is 0. The van der Waals surface area contributed by atoms with E-state index in [9.17, 15) is 4.79 Å². The molecule has 1 aliphatic rings. The number of nitrogens with zero attached hydrogens (tertiary/aromatic N) is 3. The molecule has 5 rings (SSSR count). The van der Waals surface area contributed by atoms with Crippen LogP contribution in [0, 0.1) is 0 Å². The van der Waals surface area contributed by atoms with Crippen LogP contribution >= 0.6 is 0 Å². The maximum atomic E-state index is 13.1. The lowest BCUT2D eigenvalue weighted by molar-refractivity contribution is -0.137. The van der Waals surface area contributed by atoms with Crippen molar-refractivity contribution in [3.05, 3.63) is 78.9 Å². The number of para-hydroxylation sites is 2. The predicted molar refractivity (Wildman–Crippen MR) is 127 cm³/mol. The fraction of sp³-hybridized carbons (Fsp3) is 0.296. The lowest BCUT2D eigenvalue weighted by atomic mass is 9.94. The van der Waals surface area contributed by atoms with Gasteiger partial charge in [-0.2, -0.15) is 0 Å². The molecule has 0 atom stereocenters. The lowest BCUT2D eigenvalue weighted by Gasteiger charge is -2.33. The Balaban J connectivity index is 1.24. The molecule has 2 aromatic carbocycles. The molecule has 0 radical (unpaired) electrons. The van der Waals surface area contributed by atoms with Crippen LogP contribution in [0.1, 0.15) is 37.9 Å². The van der Waals surface area contributed by atoms with Gasteiger partial charge in [0.15, 0.2) is 6.61 Å². The van der Waals surface area contributed by atoms with Crippen LogP contribution in [-0.2, 0) is 11.3 Å². The van der Waals surface area contributed by atoms with Crippen molar-refractivity contribution in [1.82, 2.24) is 14.9 Å². The largest absolute Gasteiger partial charge is 0.484 e. The summed E-state index contributed by atoms with van der Waals surface area (Å²) < 4.78 is 11.4. The average Bonchev–Trinajstić information content (AvgIpc) is 3.40. The SMILES string of the molecule is O=C(COc1ccc(-c2cnc3ccccc3n2)cc1)N(Cc1ccco1)C1CCCCC1. The number of carbonyl (C=O) groups is 1. The highest BCUT2D eigenvalue weighted by Crippen LogP contribution is 2.25. The first-order valence-electron chi connectivity index (χ1n) is 11.5. The van der Waals surface area contributed by atoms with Gasteiger partial charge in [0, 0.05) is 11.6 Å². The van der Waals surface area contributed by atoms with Crippen LogP contribution in [0.5, 0.6) is 5.75 Å². The van der Waals surface area contributed by atoms with Crippen LogP contribution in [0.25, 0.3) is 22.3 Å². The number of furan rings is 1. The Kier molecular flexibility index (Phi) is 6.33. The summed E-state index contributed by atoms with van der Waals surface area (Å²) in [5.74, 6) is 1.44. The highest BCUT2D eigenvalue weighted by molar-refractivity contribution is 5.78. The molecule has 6 nitrogen and oxygen atoms in total. The molecule has 1 saturated carbocycles. The molecule has 1 fully saturated rings. The Morgan fingerprint density at radius 1 is 0.970 bits per heavy atom. The third kappa shape index (κ3) is 5.06. The third-order valence-electron chi connectivity index (χ3n) is 6.20. The minimum atomic E-state index is -0.0113. The van der Waals surface area contributed by atoms with Gasteiger partial charge in [0.2, 0.25) is 0 Å². The number of ether oxygens (including phenoxy) is 1. The van der Waals surface area contributed by atoms with E-state index >= 15 is 0 Å². The topological polar surface area (TPSA) is 68.5 Å². The summed E-state index contributed by atoms with van der Waals surface area (Å²) >= 11 is 0. The third-order valence-corrected chi connectivity index (χ3v) is 6.20. The number of carbonyl (C=O) groups excluding carboxylic acids is 1. The summed E-state index contributed by atoms with van der Waals surface area (Å²) in [6, 6.07) is 19.5. The van der Waals surface area contributed by atoms with Crippen LogP contribution in [0.2, 0.25) is 0 Å². The number of fused-ring (bicyclic) bond motifs is 1. The van der Waals surface area contributed by atoms with Gasteiger partial charge in [-0.25, -0.2) is 4.98 Å². The summed E-state index contributed by atoms with van der Waals surface area (Å²) in [4.78, 5) is 24.2. The van der Waals surface area contributed by atoms with Crippen molar-refractivity contribution in [1.29, 1.82) is 0 Å². The summed E-state index contributed by atoms with van der Waals surface area (Å²) in [5, 5.41) is 0. The summed E-state index contributed by atoms with van der Waals surface area (Å²) in [7, 11) is 0. The van der Waals surface area contributed by atoms with Gasteiger partial charge in [-0.3, -0.25) is 9.78 Å². The van der Waals surface area contributed by atoms with E-state index in [1.54, 1.807) is 12.5 Å². The maximum absolute atomic E-state index is 13.1. The summed E-state index contributed by atoms with van der Waals surface area (Å²) in [5.41, 5.74) is 3.49. The molecule has 0 spiro atoms. The van der Waals surface area contributed by atoms with Crippen molar-refractivity contribution in [3.8, 4) is 17.0 Å². The van der Waals surface area contributed by atoms with Crippen molar-refractivity contribution >= 4 is 16.9 Å². The average molecular weight is 442 g/mol. The zero-order valence-corrected chi connectivity index (χ0v) is 18.5. The van der Waals surface area contributed by atoms with Crippen LogP contribution < -0.4 is 4.74 Å². The van der Waals surface area contributed by atoms with E-state index in [1.165, 1.54) is 6.42 Å². The molecule has 168 valence electrons. The van der Waals surface area contributed by atoms with Crippen molar-refractivity contribution in [2.45, 2.75) is 44.7 Å². The van der Waals surface area contributed by atoms with Gasteiger partial charge in [0.25, 0.3) is 5.91 Å². The fourth-order valence-corrected chi connectivity index (χ4v) is 4.43. The van der Waals surface area contributed by atoms with E-state index in [2.05, 4.69) is 9.97 Å². The first-order valence-corrected chi connectivity index (χ1v) is 11.5. The van der Waals surface area contributed by atoms with Gasteiger partial charge in [0.1, 0.15) is 11.5 Å². The Hall–Kier alpha value is -3.67. The second-order valence-electron chi connectivity index (χ2n) is 8.45. The van der Waals surface area contributed by atoms with Crippen LogP contribution in [0.3, 0.4) is 0 Å².